The number of halogens is 1. The number of benzene rings is 1. The highest BCUT2D eigenvalue weighted by molar-refractivity contribution is 6.30. The first-order chi connectivity index (χ1) is 12.2. The number of carbonyl (C=O) groups is 2. The molecule has 0 radical (unpaired) electrons. The number of hydrogen-bond acceptors (Lipinski definition) is 4. The summed E-state index contributed by atoms with van der Waals surface area (Å²) in [6.45, 7) is 7.49. The Kier molecular flexibility index (Phi) is 6.42. The molecule has 26 heavy (non-hydrogen) atoms. The highest BCUT2D eigenvalue weighted by Gasteiger charge is 2.23. The molecule has 1 aromatic carbocycles. The minimum absolute atomic E-state index is 0.0591. The Balaban J connectivity index is 2.27. The molecule has 140 valence electrons. The van der Waals surface area contributed by atoms with Crippen LogP contribution in [-0.4, -0.2) is 46.3 Å². The van der Waals surface area contributed by atoms with Crippen LogP contribution >= 0.6 is 11.6 Å². The summed E-state index contributed by atoms with van der Waals surface area (Å²) in [5.74, 6) is -0.565. The summed E-state index contributed by atoms with van der Waals surface area (Å²) in [6, 6.07) is 7.26. The van der Waals surface area contributed by atoms with Gasteiger partial charge in [0, 0.05) is 22.3 Å². The number of ether oxygens (including phenoxy) is 1. The van der Waals surface area contributed by atoms with Gasteiger partial charge in [0.2, 0.25) is 5.91 Å². The minimum atomic E-state index is -0.433. The van der Waals surface area contributed by atoms with Crippen molar-refractivity contribution in [2.75, 3.05) is 13.7 Å². The van der Waals surface area contributed by atoms with Gasteiger partial charge < -0.3 is 9.64 Å². The van der Waals surface area contributed by atoms with E-state index in [1.807, 2.05) is 39.8 Å². The summed E-state index contributed by atoms with van der Waals surface area (Å²) in [7, 11) is 1.32. The standard InChI is InChI=1S/C19H24ClN3O3/c1-12(2)22(11-19(25)26-5)18(24)10-17-13(3)21-23(14(17)4)16-8-6-15(20)7-9-16/h6-9,12H,10-11H2,1-5H3. The number of carbonyl (C=O) groups excluding carboxylic acids is 2. The van der Waals surface area contributed by atoms with Gasteiger partial charge in [-0.05, 0) is 52.0 Å². The van der Waals surface area contributed by atoms with Gasteiger partial charge in [-0.15, -0.1) is 0 Å². The van der Waals surface area contributed by atoms with Crippen LogP contribution in [0.3, 0.4) is 0 Å². The number of aryl methyl sites for hydroxylation is 1. The molecule has 0 aliphatic carbocycles. The monoisotopic (exact) mass is 377 g/mol. The van der Waals surface area contributed by atoms with Crippen LogP contribution in [-0.2, 0) is 20.7 Å². The van der Waals surface area contributed by atoms with Crippen LogP contribution in [0.15, 0.2) is 24.3 Å². The molecule has 7 heteroatoms. The Labute approximate surface area is 158 Å². The average Bonchev–Trinajstić information content (AvgIpc) is 2.87. The van der Waals surface area contributed by atoms with Crippen molar-refractivity contribution in [2.45, 2.75) is 40.2 Å². The van der Waals surface area contributed by atoms with Crippen LogP contribution in [0.5, 0.6) is 0 Å². The number of nitrogens with zero attached hydrogens (tertiary/aromatic N) is 3. The largest absolute Gasteiger partial charge is 0.468 e. The maximum atomic E-state index is 12.8. The fraction of sp³-hybridized carbons (Fsp3) is 0.421. The third kappa shape index (κ3) is 4.43. The molecule has 0 N–H and O–H groups in total. The van der Waals surface area contributed by atoms with Crippen molar-refractivity contribution >= 4 is 23.5 Å². The zero-order valence-corrected chi connectivity index (χ0v) is 16.5. The van der Waals surface area contributed by atoms with E-state index in [-0.39, 0.29) is 24.9 Å². The van der Waals surface area contributed by atoms with Crippen LogP contribution < -0.4 is 0 Å². The molecule has 1 heterocycles. The fourth-order valence-electron chi connectivity index (χ4n) is 2.78. The summed E-state index contributed by atoms with van der Waals surface area (Å²) in [4.78, 5) is 25.9. The molecule has 0 unspecified atom stereocenters. The number of aromatic nitrogens is 2. The van der Waals surface area contributed by atoms with E-state index >= 15 is 0 Å². The van der Waals surface area contributed by atoms with E-state index in [9.17, 15) is 9.59 Å². The average molecular weight is 378 g/mol. The molecule has 0 saturated heterocycles. The Morgan fingerprint density at radius 3 is 2.38 bits per heavy atom. The van der Waals surface area contributed by atoms with Crippen molar-refractivity contribution in [2.24, 2.45) is 0 Å². The Morgan fingerprint density at radius 1 is 1.23 bits per heavy atom. The SMILES string of the molecule is COC(=O)CN(C(=O)Cc1c(C)nn(-c2ccc(Cl)cc2)c1C)C(C)C. The van der Waals surface area contributed by atoms with Crippen LogP contribution in [0.25, 0.3) is 5.69 Å². The minimum Gasteiger partial charge on any atom is -0.468 e. The topological polar surface area (TPSA) is 64.4 Å². The molecule has 0 aliphatic rings. The van der Waals surface area contributed by atoms with E-state index in [1.54, 1.807) is 16.8 Å². The van der Waals surface area contributed by atoms with Gasteiger partial charge >= 0.3 is 5.97 Å². The molecule has 0 fully saturated rings. The Hall–Kier alpha value is -2.34. The smallest absolute Gasteiger partial charge is 0.325 e. The summed E-state index contributed by atoms with van der Waals surface area (Å²) in [5.41, 5.74) is 3.41. The van der Waals surface area contributed by atoms with Gasteiger partial charge in [-0.1, -0.05) is 11.6 Å². The van der Waals surface area contributed by atoms with Gasteiger partial charge in [0.25, 0.3) is 0 Å². The molecule has 2 aromatic rings. The van der Waals surface area contributed by atoms with E-state index in [2.05, 4.69) is 5.10 Å². The molecule has 0 atom stereocenters. The van der Waals surface area contributed by atoms with Crippen molar-refractivity contribution in [1.29, 1.82) is 0 Å². The summed E-state index contributed by atoms with van der Waals surface area (Å²) < 4.78 is 6.49. The molecule has 0 saturated carbocycles. The van der Waals surface area contributed by atoms with Crippen molar-refractivity contribution in [3.8, 4) is 5.69 Å². The molecular formula is C19H24ClN3O3. The maximum absolute atomic E-state index is 12.8. The number of rotatable bonds is 6. The lowest BCUT2D eigenvalue weighted by Gasteiger charge is -2.25. The lowest BCUT2D eigenvalue weighted by molar-refractivity contribution is -0.148. The van der Waals surface area contributed by atoms with Crippen molar-refractivity contribution < 1.29 is 14.3 Å². The van der Waals surface area contributed by atoms with Crippen LogP contribution in [0.1, 0.15) is 30.8 Å². The molecule has 1 aromatic heterocycles. The highest BCUT2D eigenvalue weighted by atomic mass is 35.5. The fourth-order valence-corrected chi connectivity index (χ4v) is 2.91. The normalized spacial score (nSPS) is 10.9. The molecule has 2 rings (SSSR count). The third-order valence-corrected chi connectivity index (χ3v) is 4.56. The lowest BCUT2D eigenvalue weighted by atomic mass is 10.1. The van der Waals surface area contributed by atoms with E-state index < -0.39 is 5.97 Å². The quantitative estimate of drug-likeness (QED) is 0.725. The van der Waals surface area contributed by atoms with Gasteiger partial charge in [0.05, 0.1) is 24.9 Å². The molecule has 1 amide bonds. The first-order valence-electron chi connectivity index (χ1n) is 8.42. The van der Waals surface area contributed by atoms with Crippen LogP contribution in [0.2, 0.25) is 5.02 Å². The Bertz CT molecular complexity index is 797. The van der Waals surface area contributed by atoms with Crippen molar-refractivity contribution in [3.05, 3.63) is 46.2 Å². The van der Waals surface area contributed by atoms with E-state index in [1.165, 1.54) is 12.0 Å². The zero-order chi connectivity index (χ0) is 19.4. The van der Waals surface area contributed by atoms with Gasteiger partial charge in [0.1, 0.15) is 6.54 Å². The van der Waals surface area contributed by atoms with Gasteiger partial charge in [-0.25, -0.2) is 4.68 Å². The molecule has 0 bridgehead atoms. The second kappa shape index (κ2) is 8.36. The van der Waals surface area contributed by atoms with E-state index in [0.717, 1.165) is 22.6 Å². The van der Waals surface area contributed by atoms with Crippen molar-refractivity contribution in [3.63, 3.8) is 0 Å². The van der Waals surface area contributed by atoms with Gasteiger partial charge in [-0.3, -0.25) is 9.59 Å². The van der Waals surface area contributed by atoms with E-state index in [0.29, 0.717) is 5.02 Å². The third-order valence-electron chi connectivity index (χ3n) is 4.31. The summed E-state index contributed by atoms with van der Waals surface area (Å²) >= 11 is 5.94. The molecular weight excluding hydrogens is 354 g/mol. The predicted octanol–water partition coefficient (Wildman–Crippen LogP) is 3.10. The van der Waals surface area contributed by atoms with Crippen LogP contribution in [0, 0.1) is 13.8 Å². The van der Waals surface area contributed by atoms with Crippen molar-refractivity contribution in [1.82, 2.24) is 14.7 Å². The molecule has 0 aliphatic heterocycles. The Morgan fingerprint density at radius 2 is 1.85 bits per heavy atom. The number of hydrogen-bond donors (Lipinski definition) is 0. The van der Waals surface area contributed by atoms with Gasteiger partial charge in [0.15, 0.2) is 0 Å². The molecule has 0 spiro atoms. The first-order valence-corrected chi connectivity index (χ1v) is 8.79. The lowest BCUT2D eigenvalue weighted by Crippen LogP contribution is -2.42. The second-order valence-electron chi connectivity index (χ2n) is 6.41. The second-order valence-corrected chi connectivity index (χ2v) is 6.84. The zero-order valence-electron chi connectivity index (χ0n) is 15.7. The molecule has 6 nitrogen and oxygen atoms in total. The first kappa shape index (κ1) is 20.0. The number of amides is 1. The summed E-state index contributed by atoms with van der Waals surface area (Å²) in [5, 5.41) is 5.21. The van der Waals surface area contributed by atoms with Crippen LogP contribution in [0.4, 0.5) is 0 Å². The maximum Gasteiger partial charge on any atom is 0.325 e. The predicted molar refractivity (Wildman–Crippen MR) is 101 cm³/mol. The van der Waals surface area contributed by atoms with Gasteiger partial charge in [-0.2, -0.15) is 5.10 Å². The van der Waals surface area contributed by atoms with E-state index in [4.69, 9.17) is 16.3 Å². The number of esters is 1. The number of methoxy groups -OCH3 is 1. The highest BCUT2D eigenvalue weighted by Crippen LogP contribution is 2.21. The summed E-state index contributed by atoms with van der Waals surface area (Å²) in [6.07, 6.45) is 0.181.